The zero-order chi connectivity index (χ0) is 16.9. The number of aromatic nitrogens is 1. The number of amides is 2. The SMILES string of the molecule is CN1CC(CN2CCCC(NC(=O)c3ccncc3)C2)OCC1=O. The van der Waals surface area contributed by atoms with Crippen LogP contribution in [0.15, 0.2) is 24.5 Å². The third kappa shape index (κ3) is 4.30. The number of ether oxygens (including phenoxy) is 1. The number of likely N-dealkylation sites (N-methyl/N-ethyl adjacent to an activating group) is 1. The molecule has 2 atom stereocenters. The van der Waals surface area contributed by atoms with E-state index in [0.717, 1.165) is 32.5 Å². The molecule has 24 heavy (non-hydrogen) atoms. The van der Waals surface area contributed by atoms with Gasteiger partial charge in [-0.1, -0.05) is 0 Å². The van der Waals surface area contributed by atoms with E-state index in [2.05, 4.69) is 15.2 Å². The Hall–Kier alpha value is -1.99. The van der Waals surface area contributed by atoms with Crippen LogP contribution in [0.2, 0.25) is 0 Å². The fourth-order valence-electron chi connectivity index (χ4n) is 3.27. The van der Waals surface area contributed by atoms with Crippen LogP contribution in [-0.2, 0) is 9.53 Å². The molecule has 1 aromatic rings. The van der Waals surface area contributed by atoms with Crippen molar-refractivity contribution in [3.05, 3.63) is 30.1 Å². The van der Waals surface area contributed by atoms with E-state index in [1.54, 1.807) is 29.4 Å². The van der Waals surface area contributed by atoms with Crippen molar-refractivity contribution in [2.75, 3.05) is 39.8 Å². The van der Waals surface area contributed by atoms with Gasteiger partial charge in [0.05, 0.1) is 6.10 Å². The molecule has 2 amide bonds. The highest BCUT2D eigenvalue weighted by atomic mass is 16.5. The van der Waals surface area contributed by atoms with Crippen LogP contribution in [0.5, 0.6) is 0 Å². The van der Waals surface area contributed by atoms with Crippen molar-refractivity contribution in [1.82, 2.24) is 20.1 Å². The van der Waals surface area contributed by atoms with Gasteiger partial charge in [0.25, 0.3) is 5.91 Å². The minimum Gasteiger partial charge on any atom is -0.365 e. The summed E-state index contributed by atoms with van der Waals surface area (Å²) < 4.78 is 5.62. The molecule has 2 aliphatic rings. The van der Waals surface area contributed by atoms with Crippen LogP contribution in [0.3, 0.4) is 0 Å². The largest absolute Gasteiger partial charge is 0.365 e. The Bertz CT molecular complexity index is 580. The first-order valence-electron chi connectivity index (χ1n) is 8.40. The van der Waals surface area contributed by atoms with E-state index in [9.17, 15) is 9.59 Å². The van der Waals surface area contributed by atoms with Crippen molar-refractivity contribution in [1.29, 1.82) is 0 Å². The van der Waals surface area contributed by atoms with Gasteiger partial charge in [0.2, 0.25) is 5.91 Å². The van der Waals surface area contributed by atoms with Gasteiger partial charge in [-0.3, -0.25) is 19.5 Å². The lowest BCUT2D eigenvalue weighted by atomic mass is 10.0. The second-order valence-corrected chi connectivity index (χ2v) is 6.52. The minimum atomic E-state index is -0.0523. The van der Waals surface area contributed by atoms with Gasteiger partial charge in [0.15, 0.2) is 0 Å². The van der Waals surface area contributed by atoms with E-state index < -0.39 is 0 Å². The predicted molar refractivity (Wildman–Crippen MR) is 88.5 cm³/mol. The van der Waals surface area contributed by atoms with E-state index in [1.807, 2.05) is 7.05 Å². The molecule has 2 saturated heterocycles. The van der Waals surface area contributed by atoms with Crippen molar-refractivity contribution in [2.45, 2.75) is 25.0 Å². The Morgan fingerprint density at radius 3 is 2.92 bits per heavy atom. The van der Waals surface area contributed by atoms with Crippen LogP contribution in [-0.4, -0.2) is 78.6 Å². The Kier molecular flexibility index (Phi) is 5.42. The van der Waals surface area contributed by atoms with Gasteiger partial charge < -0.3 is 15.0 Å². The Morgan fingerprint density at radius 2 is 2.17 bits per heavy atom. The Morgan fingerprint density at radius 1 is 1.38 bits per heavy atom. The van der Waals surface area contributed by atoms with Crippen molar-refractivity contribution < 1.29 is 14.3 Å². The molecule has 0 aliphatic carbocycles. The highest BCUT2D eigenvalue weighted by Gasteiger charge is 2.28. The summed E-state index contributed by atoms with van der Waals surface area (Å²) in [5.41, 5.74) is 0.637. The first-order valence-corrected chi connectivity index (χ1v) is 8.40. The van der Waals surface area contributed by atoms with E-state index in [4.69, 9.17) is 4.74 Å². The number of rotatable bonds is 4. The second kappa shape index (κ2) is 7.72. The molecule has 3 heterocycles. The van der Waals surface area contributed by atoms with Gasteiger partial charge >= 0.3 is 0 Å². The predicted octanol–water partition coefficient (Wildman–Crippen LogP) is 0.133. The van der Waals surface area contributed by atoms with Crippen LogP contribution in [0, 0.1) is 0 Å². The standard InChI is InChI=1S/C17H24N4O3/c1-20-10-15(24-12-16(20)22)11-21-8-2-3-14(9-21)19-17(23)13-4-6-18-7-5-13/h4-7,14-15H,2-3,8-12H2,1H3,(H,19,23). The first-order chi connectivity index (χ1) is 11.6. The van der Waals surface area contributed by atoms with E-state index in [0.29, 0.717) is 12.1 Å². The third-order valence-electron chi connectivity index (χ3n) is 4.59. The lowest BCUT2D eigenvalue weighted by Gasteiger charge is -2.37. The third-order valence-corrected chi connectivity index (χ3v) is 4.59. The summed E-state index contributed by atoms with van der Waals surface area (Å²) in [6.07, 6.45) is 5.32. The smallest absolute Gasteiger partial charge is 0.251 e. The van der Waals surface area contributed by atoms with Crippen LogP contribution in [0.4, 0.5) is 0 Å². The van der Waals surface area contributed by atoms with Gasteiger partial charge in [0.1, 0.15) is 6.61 Å². The monoisotopic (exact) mass is 332 g/mol. The van der Waals surface area contributed by atoms with Gasteiger partial charge in [-0.2, -0.15) is 0 Å². The van der Waals surface area contributed by atoms with Crippen molar-refractivity contribution in [3.8, 4) is 0 Å². The summed E-state index contributed by atoms with van der Waals surface area (Å²) in [7, 11) is 1.81. The summed E-state index contributed by atoms with van der Waals surface area (Å²) in [4.78, 5) is 31.7. The summed E-state index contributed by atoms with van der Waals surface area (Å²) in [6, 6.07) is 3.58. The quantitative estimate of drug-likeness (QED) is 0.848. The normalized spacial score (nSPS) is 25.5. The minimum absolute atomic E-state index is 0.0346. The summed E-state index contributed by atoms with van der Waals surface area (Å²) in [6.45, 7) is 3.40. The topological polar surface area (TPSA) is 74.8 Å². The summed E-state index contributed by atoms with van der Waals surface area (Å²) in [5.74, 6) is -0.0177. The van der Waals surface area contributed by atoms with Crippen LogP contribution in [0.1, 0.15) is 23.2 Å². The molecule has 1 aromatic heterocycles. The first kappa shape index (κ1) is 16.9. The van der Waals surface area contributed by atoms with Crippen molar-refractivity contribution in [3.63, 3.8) is 0 Å². The van der Waals surface area contributed by atoms with Crippen LogP contribution >= 0.6 is 0 Å². The number of morpholine rings is 1. The average Bonchev–Trinajstić information content (AvgIpc) is 2.59. The highest BCUT2D eigenvalue weighted by Crippen LogP contribution is 2.14. The molecule has 3 rings (SSSR count). The number of likely N-dealkylation sites (tertiary alicyclic amines) is 1. The number of pyridine rings is 1. The number of carbonyl (C=O) groups is 2. The lowest BCUT2D eigenvalue weighted by Crippen LogP contribution is -2.53. The number of nitrogens with zero attached hydrogens (tertiary/aromatic N) is 3. The lowest BCUT2D eigenvalue weighted by molar-refractivity contribution is -0.148. The zero-order valence-corrected chi connectivity index (χ0v) is 14.0. The molecule has 7 nitrogen and oxygen atoms in total. The van der Waals surface area contributed by atoms with Crippen molar-refractivity contribution >= 4 is 11.8 Å². The number of hydrogen-bond acceptors (Lipinski definition) is 5. The molecule has 2 aliphatic heterocycles. The molecule has 130 valence electrons. The highest BCUT2D eigenvalue weighted by molar-refractivity contribution is 5.94. The Balaban J connectivity index is 1.49. The molecular formula is C17H24N4O3. The zero-order valence-electron chi connectivity index (χ0n) is 14.0. The molecule has 1 N–H and O–H groups in total. The second-order valence-electron chi connectivity index (χ2n) is 6.52. The maximum Gasteiger partial charge on any atom is 0.251 e. The average molecular weight is 332 g/mol. The molecule has 0 spiro atoms. The number of piperidine rings is 1. The number of carbonyl (C=O) groups excluding carboxylic acids is 2. The maximum atomic E-state index is 12.3. The molecule has 0 bridgehead atoms. The fraction of sp³-hybridized carbons (Fsp3) is 0.588. The van der Waals surface area contributed by atoms with Crippen LogP contribution < -0.4 is 5.32 Å². The van der Waals surface area contributed by atoms with Crippen LogP contribution in [0.25, 0.3) is 0 Å². The molecule has 0 radical (unpaired) electrons. The van der Waals surface area contributed by atoms with Gasteiger partial charge in [-0.15, -0.1) is 0 Å². The summed E-state index contributed by atoms with van der Waals surface area (Å²) >= 11 is 0. The van der Waals surface area contributed by atoms with E-state index in [-0.39, 0.29) is 30.6 Å². The number of nitrogens with one attached hydrogen (secondary N) is 1. The van der Waals surface area contributed by atoms with Crippen molar-refractivity contribution in [2.24, 2.45) is 0 Å². The molecule has 0 aromatic carbocycles. The molecule has 2 fully saturated rings. The fourth-order valence-corrected chi connectivity index (χ4v) is 3.27. The molecule has 2 unspecified atom stereocenters. The van der Waals surface area contributed by atoms with Gasteiger partial charge in [-0.25, -0.2) is 0 Å². The molecule has 7 heteroatoms. The number of hydrogen-bond donors (Lipinski definition) is 1. The molecule has 0 saturated carbocycles. The Labute approximate surface area is 142 Å². The summed E-state index contributed by atoms with van der Waals surface area (Å²) in [5, 5.41) is 3.10. The van der Waals surface area contributed by atoms with Gasteiger partial charge in [-0.05, 0) is 31.5 Å². The maximum absolute atomic E-state index is 12.3. The van der Waals surface area contributed by atoms with E-state index in [1.165, 1.54) is 0 Å². The molecular weight excluding hydrogens is 308 g/mol. The van der Waals surface area contributed by atoms with Gasteiger partial charge in [0, 0.05) is 50.7 Å². The van der Waals surface area contributed by atoms with E-state index >= 15 is 0 Å².